The number of carbonyl (C=O) groups excluding carboxylic acids is 2. The van der Waals surface area contributed by atoms with Crippen LogP contribution in [0.4, 0.5) is 0 Å². The van der Waals surface area contributed by atoms with Crippen LogP contribution in [-0.2, 0) is 9.59 Å². The number of carbonyl (C=O) groups is 2. The molecule has 2 N–H and O–H groups in total. The van der Waals surface area contributed by atoms with Gasteiger partial charge in [0.25, 0.3) is 0 Å². The van der Waals surface area contributed by atoms with Crippen molar-refractivity contribution >= 4 is 11.8 Å². The zero-order chi connectivity index (χ0) is 12.6. The highest BCUT2D eigenvalue weighted by molar-refractivity contribution is 5.78. The SMILES string of the molecule is CCC(C)NC(=O)CCNCC(=O)N(C)C. The Bertz CT molecular complexity index is 229. The van der Waals surface area contributed by atoms with Gasteiger partial charge in [0.05, 0.1) is 6.54 Å². The third kappa shape index (κ3) is 7.23. The van der Waals surface area contributed by atoms with Crippen molar-refractivity contribution in [1.82, 2.24) is 15.5 Å². The summed E-state index contributed by atoms with van der Waals surface area (Å²) in [5.74, 6) is 0.0430. The molecule has 1 unspecified atom stereocenters. The Morgan fingerprint density at radius 2 is 1.94 bits per heavy atom. The summed E-state index contributed by atoms with van der Waals surface area (Å²) in [7, 11) is 3.42. The Morgan fingerprint density at radius 3 is 2.44 bits per heavy atom. The van der Waals surface area contributed by atoms with Crippen molar-refractivity contribution in [3.05, 3.63) is 0 Å². The smallest absolute Gasteiger partial charge is 0.236 e. The number of likely N-dealkylation sites (N-methyl/N-ethyl adjacent to an activating group) is 1. The van der Waals surface area contributed by atoms with Crippen molar-refractivity contribution in [2.45, 2.75) is 32.7 Å². The van der Waals surface area contributed by atoms with Gasteiger partial charge < -0.3 is 15.5 Å². The lowest BCUT2D eigenvalue weighted by molar-refractivity contribution is -0.128. The van der Waals surface area contributed by atoms with Crippen molar-refractivity contribution in [3.63, 3.8) is 0 Å². The monoisotopic (exact) mass is 229 g/mol. The molecule has 0 fully saturated rings. The fourth-order valence-electron chi connectivity index (χ4n) is 1.00. The predicted octanol–water partition coefficient (Wildman–Crippen LogP) is -0.0310. The van der Waals surface area contributed by atoms with Gasteiger partial charge in [-0.1, -0.05) is 6.92 Å². The molecule has 16 heavy (non-hydrogen) atoms. The van der Waals surface area contributed by atoms with E-state index in [9.17, 15) is 9.59 Å². The normalized spacial score (nSPS) is 12.0. The maximum Gasteiger partial charge on any atom is 0.236 e. The first-order chi connectivity index (χ1) is 7.47. The third-order valence-electron chi connectivity index (χ3n) is 2.32. The van der Waals surface area contributed by atoms with E-state index in [4.69, 9.17) is 0 Å². The molecule has 5 nitrogen and oxygen atoms in total. The Balaban J connectivity index is 3.52. The predicted molar refractivity (Wildman–Crippen MR) is 64.1 cm³/mol. The fourth-order valence-corrected chi connectivity index (χ4v) is 1.00. The van der Waals surface area contributed by atoms with Crippen LogP contribution in [0.1, 0.15) is 26.7 Å². The minimum atomic E-state index is 0.0161. The molecule has 0 aliphatic carbocycles. The molecule has 0 saturated heterocycles. The summed E-state index contributed by atoms with van der Waals surface area (Å²) in [5.41, 5.74) is 0. The first kappa shape index (κ1) is 14.9. The van der Waals surface area contributed by atoms with Crippen LogP contribution < -0.4 is 10.6 Å². The van der Waals surface area contributed by atoms with E-state index in [0.29, 0.717) is 13.0 Å². The van der Waals surface area contributed by atoms with E-state index in [1.54, 1.807) is 14.1 Å². The van der Waals surface area contributed by atoms with E-state index >= 15 is 0 Å². The number of nitrogens with zero attached hydrogens (tertiary/aromatic N) is 1. The molecule has 0 rings (SSSR count). The average molecular weight is 229 g/mol. The Morgan fingerprint density at radius 1 is 1.31 bits per heavy atom. The molecule has 5 heteroatoms. The minimum absolute atomic E-state index is 0.0161. The Labute approximate surface area is 97.6 Å². The summed E-state index contributed by atoms with van der Waals surface area (Å²) in [5, 5.41) is 5.80. The van der Waals surface area contributed by atoms with E-state index in [1.165, 1.54) is 4.90 Å². The van der Waals surface area contributed by atoms with E-state index in [1.807, 2.05) is 13.8 Å². The van der Waals surface area contributed by atoms with E-state index < -0.39 is 0 Å². The van der Waals surface area contributed by atoms with Crippen molar-refractivity contribution in [2.24, 2.45) is 0 Å². The maximum atomic E-state index is 11.3. The molecule has 0 aliphatic heterocycles. The molecule has 0 spiro atoms. The Hall–Kier alpha value is -1.10. The van der Waals surface area contributed by atoms with E-state index in [-0.39, 0.29) is 24.4 Å². The summed E-state index contributed by atoms with van der Waals surface area (Å²) >= 11 is 0. The standard InChI is InChI=1S/C11H23N3O2/c1-5-9(2)13-10(15)6-7-12-8-11(16)14(3)4/h9,12H,5-8H2,1-4H3,(H,13,15). The van der Waals surface area contributed by atoms with Crippen LogP contribution in [-0.4, -0.2) is 49.9 Å². The lowest BCUT2D eigenvalue weighted by Gasteiger charge is -2.12. The van der Waals surface area contributed by atoms with Gasteiger partial charge in [-0.05, 0) is 13.3 Å². The maximum absolute atomic E-state index is 11.3. The van der Waals surface area contributed by atoms with Crippen molar-refractivity contribution in [1.29, 1.82) is 0 Å². The van der Waals surface area contributed by atoms with Gasteiger partial charge in [0.15, 0.2) is 0 Å². The van der Waals surface area contributed by atoms with Crippen LogP contribution in [0.25, 0.3) is 0 Å². The molecule has 0 aromatic heterocycles. The third-order valence-corrected chi connectivity index (χ3v) is 2.32. The van der Waals surface area contributed by atoms with Crippen LogP contribution in [0.3, 0.4) is 0 Å². The average Bonchev–Trinajstić information content (AvgIpc) is 2.23. The molecule has 0 aromatic rings. The van der Waals surface area contributed by atoms with Gasteiger partial charge in [0, 0.05) is 33.1 Å². The van der Waals surface area contributed by atoms with Gasteiger partial charge in [-0.15, -0.1) is 0 Å². The highest BCUT2D eigenvalue weighted by Crippen LogP contribution is 1.89. The molecule has 0 aromatic carbocycles. The van der Waals surface area contributed by atoms with E-state index in [0.717, 1.165) is 6.42 Å². The molecule has 0 aliphatic rings. The van der Waals surface area contributed by atoms with Gasteiger partial charge in [-0.25, -0.2) is 0 Å². The summed E-state index contributed by atoms with van der Waals surface area (Å²) in [4.78, 5) is 24.0. The second-order valence-corrected chi connectivity index (χ2v) is 4.09. The molecule has 0 radical (unpaired) electrons. The Kier molecular flexibility index (Phi) is 7.54. The molecule has 1 atom stereocenters. The topological polar surface area (TPSA) is 61.4 Å². The lowest BCUT2D eigenvalue weighted by Crippen LogP contribution is -2.37. The van der Waals surface area contributed by atoms with E-state index in [2.05, 4.69) is 10.6 Å². The zero-order valence-corrected chi connectivity index (χ0v) is 10.7. The van der Waals surface area contributed by atoms with Crippen LogP contribution in [0.2, 0.25) is 0 Å². The van der Waals surface area contributed by atoms with Crippen LogP contribution in [0.15, 0.2) is 0 Å². The molecular formula is C11H23N3O2. The zero-order valence-electron chi connectivity index (χ0n) is 10.7. The molecule has 0 saturated carbocycles. The van der Waals surface area contributed by atoms with Gasteiger partial charge in [-0.3, -0.25) is 9.59 Å². The second-order valence-electron chi connectivity index (χ2n) is 4.09. The second kappa shape index (κ2) is 8.10. The summed E-state index contributed by atoms with van der Waals surface area (Å²) in [6.45, 7) is 4.81. The number of hydrogen-bond acceptors (Lipinski definition) is 3. The van der Waals surface area contributed by atoms with Gasteiger partial charge in [-0.2, -0.15) is 0 Å². The lowest BCUT2D eigenvalue weighted by atomic mass is 10.2. The van der Waals surface area contributed by atoms with Crippen LogP contribution >= 0.6 is 0 Å². The van der Waals surface area contributed by atoms with Crippen LogP contribution in [0, 0.1) is 0 Å². The summed E-state index contributed by atoms with van der Waals surface area (Å²) < 4.78 is 0. The van der Waals surface area contributed by atoms with Crippen LogP contribution in [0.5, 0.6) is 0 Å². The first-order valence-corrected chi connectivity index (χ1v) is 5.67. The quantitative estimate of drug-likeness (QED) is 0.603. The largest absolute Gasteiger partial charge is 0.354 e. The molecule has 2 amide bonds. The molecule has 94 valence electrons. The molecular weight excluding hydrogens is 206 g/mol. The highest BCUT2D eigenvalue weighted by atomic mass is 16.2. The first-order valence-electron chi connectivity index (χ1n) is 5.67. The highest BCUT2D eigenvalue weighted by Gasteiger charge is 2.06. The minimum Gasteiger partial charge on any atom is -0.354 e. The fraction of sp³-hybridized carbons (Fsp3) is 0.818. The summed E-state index contributed by atoms with van der Waals surface area (Å²) in [6, 6.07) is 0.218. The van der Waals surface area contributed by atoms with Crippen molar-refractivity contribution < 1.29 is 9.59 Å². The number of amides is 2. The number of nitrogens with one attached hydrogen (secondary N) is 2. The van der Waals surface area contributed by atoms with Crippen molar-refractivity contribution in [3.8, 4) is 0 Å². The van der Waals surface area contributed by atoms with Gasteiger partial charge >= 0.3 is 0 Å². The number of rotatable bonds is 7. The van der Waals surface area contributed by atoms with Crippen molar-refractivity contribution in [2.75, 3.05) is 27.2 Å². The van der Waals surface area contributed by atoms with Gasteiger partial charge in [0.1, 0.15) is 0 Å². The number of hydrogen-bond donors (Lipinski definition) is 2. The molecule has 0 heterocycles. The summed E-state index contributed by atoms with van der Waals surface area (Å²) in [6.07, 6.45) is 1.34. The molecule has 0 bridgehead atoms. The van der Waals surface area contributed by atoms with Gasteiger partial charge in [0.2, 0.25) is 11.8 Å².